The van der Waals surface area contributed by atoms with Gasteiger partial charge in [-0.15, -0.1) is 0 Å². The number of allylic oxidation sites excluding steroid dienone is 6. The summed E-state index contributed by atoms with van der Waals surface area (Å²) in [5.41, 5.74) is 3.83. The number of nitrogens with one attached hydrogen (secondary N) is 2. The van der Waals surface area contributed by atoms with Crippen LogP contribution in [0.5, 0.6) is 0 Å². The lowest BCUT2D eigenvalue weighted by molar-refractivity contribution is 0.324. The molecule has 1 heterocycles. The van der Waals surface area contributed by atoms with Crippen molar-refractivity contribution in [1.82, 2.24) is 10.6 Å². The molecule has 1 rings (SSSR count). The quantitative estimate of drug-likeness (QED) is 0.522. The maximum atomic E-state index is 4.23. The van der Waals surface area contributed by atoms with E-state index in [0.29, 0.717) is 0 Å². The number of hydrogen-bond donors (Lipinski definition) is 2. The van der Waals surface area contributed by atoms with E-state index >= 15 is 0 Å². The molecule has 1 fully saturated rings. The summed E-state index contributed by atoms with van der Waals surface area (Å²) >= 11 is 0. The molecule has 0 amide bonds. The Morgan fingerprint density at radius 1 is 1.12 bits per heavy atom. The first-order valence-electron chi connectivity index (χ1n) is 10.2. The van der Waals surface area contributed by atoms with E-state index in [0.717, 1.165) is 31.6 Å². The first-order chi connectivity index (χ1) is 12.1. The van der Waals surface area contributed by atoms with Crippen molar-refractivity contribution in [1.29, 1.82) is 0 Å². The van der Waals surface area contributed by atoms with Gasteiger partial charge in [-0.05, 0) is 45.4 Å². The van der Waals surface area contributed by atoms with E-state index in [1.807, 2.05) is 48.5 Å². The van der Waals surface area contributed by atoms with Crippen molar-refractivity contribution in [3.05, 3.63) is 47.9 Å². The van der Waals surface area contributed by atoms with E-state index < -0.39 is 0 Å². The monoisotopic (exact) mass is 350 g/mol. The highest BCUT2D eigenvalue weighted by atomic mass is 14.9. The van der Waals surface area contributed by atoms with Crippen LogP contribution in [-0.4, -0.2) is 13.1 Å². The standard InChI is InChI=1S/C17H28N2.3C2H6/c1-6-9-10-15-13-17(5,11-12-18-8-3)14(4)19-16(15)7-2;3*1-2/h6-7,9-10,18-19H,4,8,11-13H2,1-3,5H3;3*1-2H3/b9-6-,15-10-,16-7+;;;. The van der Waals surface area contributed by atoms with Crippen LogP contribution in [0.15, 0.2) is 47.9 Å². The molecule has 1 aliphatic heterocycles. The van der Waals surface area contributed by atoms with Crippen LogP contribution in [0.2, 0.25) is 0 Å². The maximum absolute atomic E-state index is 4.23. The molecule has 25 heavy (non-hydrogen) atoms. The lowest BCUT2D eigenvalue weighted by Gasteiger charge is -2.39. The van der Waals surface area contributed by atoms with Gasteiger partial charge in [0.25, 0.3) is 0 Å². The fourth-order valence-corrected chi connectivity index (χ4v) is 2.41. The van der Waals surface area contributed by atoms with Crippen LogP contribution in [0.4, 0.5) is 0 Å². The molecule has 2 nitrogen and oxygen atoms in total. The van der Waals surface area contributed by atoms with E-state index in [-0.39, 0.29) is 5.41 Å². The molecule has 0 aliphatic carbocycles. The summed E-state index contributed by atoms with van der Waals surface area (Å²) in [5, 5.41) is 6.89. The molecular formula is C23H46N2. The summed E-state index contributed by atoms with van der Waals surface area (Å²) in [4.78, 5) is 0. The van der Waals surface area contributed by atoms with E-state index in [2.05, 4.69) is 62.3 Å². The van der Waals surface area contributed by atoms with Gasteiger partial charge >= 0.3 is 0 Å². The topological polar surface area (TPSA) is 24.1 Å². The maximum Gasteiger partial charge on any atom is 0.0371 e. The lowest BCUT2D eigenvalue weighted by Crippen LogP contribution is -2.37. The van der Waals surface area contributed by atoms with Crippen molar-refractivity contribution in [2.24, 2.45) is 5.41 Å². The van der Waals surface area contributed by atoms with Gasteiger partial charge < -0.3 is 10.6 Å². The second-order valence-corrected chi connectivity index (χ2v) is 5.36. The minimum atomic E-state index is 0.127. The second kappa shape index (κ2) is 19.1. The van der Waals surface area contributed by atoms with Crippen LogP contribution in [0.3, 0.4) is 0 Å². The van der Waals surface area contributed by atoms with Crippen LogP contribution in [-0.2, 0) is 0 Å². The zero-order chi connectivity index (χ0) is 20.3. The zero-order valence-electron chi connectivity index (χ0n) is 18.8. The molecule has 2 heteroatoms. The fourth-order valence-electron chi connectivity index (χ4n) is 2.41. The number of piperidine rings is 1. The number of hydrogen-bond acceptors (Lipinski definition) is 2. The summed E-state index contributed by atoms with van der Waals surface area (Å²) in [6.45, 7) is 26.9. The van der Waals surface area contributed by atoms with E-state index in [9.17, 15) is 0 Å². The van der Waals surface area contributed by atoms with Crippen molar-refractivity contribution in [2.45, 2.75) is 82.1 Å². The van der Waals surface area contributed by atoms with Gasteiger partial charge in [-0.3, -0.25) is 0 Å². The minimum Gasteiger partial charge on any atom is -0.359 e. The van der Waals surface area contributed by atoms with Crippen molar-refractivity contribution in [2.75, 3.05) is 13.1 Å². The molecule has 0 aromatic carbocycles. The van der Waals surface area contributed by atoms with Gasteiger partial charge in [-0.2, -0.15) is 0 Å². The average molecular weight is 351 g/mol. The molecule has 0 saturated carbocycles. The summed E-state index contributed by atoms with van der Waals surface area (Å²) in [6.07, 6.45) is 10.7. The Hall–Kier alpha value is -1.28. The minimum absolute atomic E-state index is 0.127. The van der Waals surface area contributed by atoms with E-state index in [1.165, 1.54) is 11.3 Å². The van der Waals surface area contributed by atoms with Gasteiger partial charge in [0.15, 0.2) is 0 Å². The van der Waals surface area contributed by atoms with Gasteiger partial charge in [-0.25, -0.2) is 0 Å². The van der Waals surface area contributed by atoms with E-state index in [1.54, 1.807) is 0 Å². The molecule has 148 valence electrons. The van der Waals surface area contributed by atoms with Crippen molar-refractivity contribution in [3.63, 3.8) is 0 Å². The zero-order valence-corrected chi connectivity index (χ0v) is 18.8. The highest BCUT2D eigenvalue weighted by Crippen LogP contribution is 2.41. The molecule has 0 radical (unpaired) electrons. The molecule has 0 aromatic heterocycles. The average Bonchev–Trinajstić information content (AvgIpc) is 2.67. The van der Waals surface area contributed by atoms with Crippen LogP contribution in [0.25, 0.3) is 0 Å². The SMILES string of the molecule is C=C1NC(=C/C)/C(=C\C=C/C)CC1(C)CCNCC.CC.CC.CC. The van der Waals surface area contributed by atoms with Crippen molar-refractivity contribution >= 4 is 0 Å². The third kappa shape index (κ3) is 11.0. The molecule has 1 unspecified atom stereocenters. The molecule has 1 aliphatic rings. The number of rotatable bonds is 5. The van der Waals surface area contributed by atoms with Gasteiger partial charge in [0.1, 0.15) is 0 Å². The molecule has 1 atom stereocenters. The largest absolute Gasteiger partial charge is 0.359 e. The second-order valence-electron chi connectivity index (χ2n) is 5.36. The lowest BCUT2D eigenvalue weighted by atomic mass is 9.74. The Bertz CT molecular complexity index is 402. The summed E-state index contributed by atoms with van der Waals surface area (Å²) in [5.74, 6) is 0. The van der Waals surface area contributed by atoms with Crippen LogP contribution >= 0.6 is 0 Å². The van der Waals surface area contributed by atoms with Gasteiger partial charge in [0, 0.05) is 16.8 Å². The summed E-state index contributed by atoms with van der Waals surface area (Å²) in [7, 11) is 0. The van der Waals surface area contributed by atoms with Crippen molar-refractivity contribution in [3.8, 4) is 0 Å². The third-order valence-electron chi connectivity index (χ3n) is 3.82. The molecule has 1 saturated heterocycles. The Kier molecular flexibility index (Phi) is 21.7. The Morgan fingerprint density at radius 2 is 1.68 bits per heavy atom. The summed E-state index contributed by atoms with van der Waals surface area (Å²) in [6, 6.07) is 0. The van der Waals surface area contributed by atoms with Crippen molar-refractivity contribution < 1.29 is 0 Å². The fraction of sp³-hybridized carbons (Fsp3) is 0.652. The Morgan fingerprint density at radius 3 is 2.12 bits per heavy atom. The van der Waals surface area contributed by atoms with Crippen LogP contribution in [0, 0.1) is 5.41 Å². The Balaban J connectivity index is -0.000000725. The molecule has 0 spiro atoms. The normalized spacial score (nSPS) is 22.2. The summed E-state index contributed by atoms with van der Waals surface area (Å²) < 4.78 is 0. The van der Waals surface area contributed by atoms with Gasteiger partial charge in [-0.1, -0.05) is 86.3 Å². The third-order valence-corrected chi connectivity index (χ3v) is 3.82. The molecule has 0 bridgehead atoms. The first-order valence-corrected chi connectivity index (χ1v) is 10.2. The smallest absolute Gasteiger partial charge is 0.0371 e. The highest BCUT2D eigenvalue weighted by molar-refractivity contribution is 5.40. The Labute approximate surface area is 159 Å². The predicted octanol–water partition coefficient (Wildman–Crippen LogP) is 6.98. The predicted molar refractivity (Wildman–Crippen MR) is 119 cm³/mol. The molecular weight excluding hydrogens is 304 g/mol. The van der Waals surface area contributed by atoms with Crippen LogP contribution < -0.4 is 10.6 Å². The molecule has 2 N–H and O–H groups in total. The first kappa shape index (κ1) is 28.5. The van der Waals surface area contributed by atoms with Gasteiger partial charge in [0.05, 0.1) is 0 Å². The van der Waals surface area contributed by atoms with Crippen LogP contribution in [0.1, 0.15) is 82.1 Å². The van der Waals surface area contributed by atoms with E-state index in [4.69, 9.17) is 0 Å². The molecule has 0 aromatic rings. The highest BCUT2D eigenvalue weighted by Gasteiger charge is 2.33. The van der Waals surface area contributed by atoms with Gasteiger partial charge in [0.2, 0.25) is 0 Å².